The van der Waals surface area contributed by atoms with Crippen molar-refractivity contribution in [3.63, 3.8) is 0 Å². The molecule has 0 aliphatic rings. The Morgan fingerprint density at radius 3 is 2.50 bits per heavy atom. The molecule has 0 saturated heterocycles. The lowest BCUT2D eigenvalue weighted by Crippen LogP contribution is -2.20. The van der Waals surface area contributed by atoms with Crippen LogP contribution in [0.2, 0.25) is 0 Å². The van der Waals surface area contributed by atoms with Crippen molar-refractivity contribution < 1.29 is 32.3 Å². The fourth-order valence-corrected chi connectivity index (χ4v) is 2.20. The molecule has 0 atom stereocenters. The van der Waals surface area contributed by atoms with Gasteiger partial charge in [-0.3, -0.25) is 4.79 Å². The Morgan fingerprint density at radius 2 is 1.81 bits per heavy atom. The Bertz CT molecular complexity index is 888. The number of amides is 1. The lowest BCUT2D eigenvalue weighted by Gasteiger charge is -2.07. The molecule has 3 rings (SSSR count). The van der Waals surface area contributed by atoms with Gasteiger partial charge in [0.1, 0.15) is 11.3 Å². The van der Waals surface area contributed by atoms with E-state index >= 15 is 0 Å². The minimum absolute atomic E-state index is 0.00694. The number of benzene rings is 2. The first-order chi connectivity index (χ1) is 12.5. The maximum Gasteiger partial charge on any atom is 0.387 e. The second-order valence-corrected chi connectivity index (χ2v) is 5.18. The number of para-hydroxylation sites is 1. The number of hydrogen-bond donors (Lipinski definition) is 1. The minimum atomic E-state index is -2.92. The Morgan fingerprint density at radius 1 is 1.08 bits per heavy atom. The first kappa shape index (κ1) is 17.4. The van der Waals surface area contributed by atoms with Gasteiger partial charge in [-0.25, -0.2) is 4.79 Å². The molecule has 134 valence electrons. The third kappa shape index (κ3) is 4.35. The average Bonchev–Trinajstić information content (AvgIpc) is 3.05. The number of rotatable bonds is 6. The summed E-state index contributed by atoms with van der Waals surface area (Å²) >= 11 is 0. The summed E-state index contributed by atoms with van der Waals surface area (Å²) < 4.78 is 38.6. The van der Waals surface area contributed by atoms with E-state index in [1.54, 1.807) is 24.3 Å². The summed E-state index contributed by atoms with van der Waals surface area (Å²) in [6.45, 7) is -3.45. The lowest BCUT2D eigenvalue weighted by molar-refractivity contribution is -0.119. The van der Waals surface area contributed by atoms with Crippen molar-refractivity contribution in [1.29, 1.82) is 0 Å². The summed E-state index contributed by atoms with van der Waals surface area (Å²) in [6, 6.07) is 13.9. The molecule has 1 heterocycles. The predicted molar refractivity (Wildman–Crippen MR) is 88.2 cm³/mol. The van der Waals surface area contributed by atoms with Crippen molar-refractivity contribution >= 4 is 28.5 Å². The number of carbonyl (C=O) groups excluding carboxylic acids is 2. The van der Waals surface area contributed by atoms with Gasteiger partial charge in [0.05, 0.1) is 0 Å². The number of hydrogen-bond acceptors (Lipinski definition) is 5. The van der Waals surface area contributed by atoms with Crippen molar-refractivity contribution in [3.05, 3.63) is 60.4 Å². The lowest BCUT2D eigenvalue weighted by atomic mass is 10.2. The fourth-order valence-electron chi connectivity index (χ4n) is 2.20. The van der Waals surface area contributed by atoms with Gasteiger partial charge in [-0.05, 0) is 36.4 Å². The van der Waals surface area contributed by atoms with Gasteiger partial charge >= 0.3 is 12.6 Å². The molecular formula is C18H13F2NO5. The Labute approximate surface area is 146 Å². The Balaban J connectivity index is 1.52. The number of alkyl halides is 2. The van der Waals surface area contributed by atoms with Crippen LogP contribution >= 0.6 is 0 Å². The van der Waals surface area contributed by atoms with Gasteiger partial charge < -0.3 is 19.2 Å². The van der Waals surface area contributed by atoms with Gasteiger partial charge in [0.2, 0.25) is 5.76 Å². The molecule has 0 aliphatic carbocycles. The van der Waals surface area contributed by atoms with Crippen LogP contribution in [0.3, 0.4) is 0 Å². The molecule has 0 unspecified atom stereocenters. The predicted octanol–water partition coefficient (Wildman–Crippen LogP) is 3.83. The van der Waals surface area contributed by atoms with Crippen LogP contribution in [-0.4, -0.2) is 25.1 Å². The van der Waals surface area contributed by atoms with Crippen LogP contribution in [0.25, 0.3) is 11.0 Å². The molecule has 1 amide bonds. The Kier molecular flexibility index (Phi) is 5.12. The van der Waals surface area contributed by atoms with E-state index in [0.29, 0.717) is 11.3 Å². The second kappa shape index (κ2) is 7.64. The van der Waals surface area contributed by atoms with Crippen molar-refractivity contribution in [2.45, 2.75) is 6.61 Å². The third-order valence-electron chi connectivity index (χ3n) is 3.32. The van der Waals surface area contributed by atoms with Crippen LogP contribution in [0, 0.1) is 0 Å². The average molecular weight is 361 g/mol. The second-order valence-electron chi connectivity index (χ2n) is 5.18. The summed E-state index contributed by atoms with van der Waals surface area (Å²) in [4.78, 5) is 23.7. The SMILES string of the molecule is O=C(COC(=O)c1cc2ccccc2o1)Nc1ccc(OC(F)F)cc1. The van der Waals surface area contributed by atoms with E-state index in [4.69, 9.17) is 9.15 Å². The van der Waals surface area contributed by atoms with Crippen molar-refractivity contribution in [1.82, 2.24) is 0 Å². The Hall–Kier alpha value is -3.42. The molecule has 1 N–H and O–H groups in total. The number of esters is 1. The van der Waals surface area contributed by atoms with Crippen LogP contribution in [-0.2, 0) is 9.53 Å². The summed E-state index contributed by atoms with van der Waals surface area (Å²) in [5.41, 5.74) is 0.881. The largest absolute Gasteiger partial charge is 0.450 e. The van der Waals surface area contributed by atoms with Gasteiger partial charge in [-0.15, -0.1) is 0 Å². The number of halogens is 2. The van der Waals surface area contributed by atoms with Gasteiger partial charge in [0.15, 0.2) is 6.61 Å². The van der Waals surface area contributed by atoms with E-state index < -0.39 is 25.1 Å². The monoisotopic (exact) mass is 361 g/mol. The maximum absolute atomic E-state index is 12.1. The molecule has 0 fully saturated rings. The number of fused-ring (bicyclic) bond motifs is 1. The van der Waals surface area contributed by atoms with Gasteiger partial charge in [0, 0.05) is 11.1 Å². The van der Waals surface area contributed by atoms with Crippen molar-refractivity contribution in [2.75, 3.05) is 11.9 Å². The molecule has 6 nitrogen and oxygen atoms in total. The molecule has 2 aromatic carbocycles. The first-order valence-electron chi connectivity index (χ1n) is 7.52. The van der Waals surface area contributed by atoms with Gasteiger partial charge in [-0.1, -0.05) is 18.2 Å². The zero-order valence-electron chi connectivity index (χ0n) is 13.3. The van der Waals surface area contributed by atoms with Gasteiger partial charge in [-0.2, -0.15) is 8.78 Å². The number of carbonyl (C=O) groups is 2. The summed E-state index contributed by atoms with van der Waals surface area (Å²) in [5.74, 6) is -1.39. The van der Waals surface area contributed by atoms with Crippen LogP contribution < -0.4 is 10.1 Å². The zero-order chi connectivity index (χ0) is 18.5. The minimum Gasteiger partial charge on any atom is -0.450 e. The highest BCUT2D eigenvalue weighted by atomic mass is 19.3. The van der Waals surface area contributed by atoms with E-state index in [1.807, 2.05) is 0 Å². The van der Waals surface area contributed by atoms with Crippen LogP contribution in [0.4, 0.5) is 14.5 Å². The van der Waals surface area contributed by atoms with E-state index in [1.165, 1.54) is 30.3 Å². The standard InChI is InChI=1S/C18H13F2NO5/c19-18(20)25-13-7-5-12(6-8-13)21-16(22)10-24-17(23)15-9-11-3-1-2-4-14(11)26-15/h1-9,18H,10H2,(H,21,22). The summed E-state index contributed by atoms with van der Waals surface area (Å²) in [7, 11) is 0. The topological polar surface area (TPSA) is 77.8 Å². The molecule has 0 bridgehead atoms. The third-order valence-corrected chi connectivity index (χ3v) is 3.32. The van der Waals surface area contributed by atoms with E-state index in [-0.39, 0.29) is 11.5 Å². The molecule has 1 aromatic heterocycles. The van der Waals surface area contributed by atoms with Crippen molar-refractivity contribution in [3.8, 4) is 5.75 Å². The van der Waals surface area contributed by atoms with Gasteiger partial charge in [0.25, 0.3) is 5.91 Å². The van der Waals surface area contributed by atoms with Crippen LogP contribution in [0.1, 0.15) is 10.6 Å². The molecule has 8 heteroatoms. The number of ether oxygens (including phenoxy) is 2. The molecular weight excluding hydrogens is 348 g/mol. The number of furan rings is 1. The quantitative estimate of drug-likeness (QED) is 0.675. The van der Waals surface area contributed by atoms with E-state index in [0.717, 1.165) is 5.39 Å². The van der Waals surface area contributed by atoms with Crippen molar-refractivity contribution in [2.24, 2.45) is 0 Å². The fraction of sp³-hybridized carbons (Fsp3) is 0.111. The smallest absolute Gasteiger partial charge is 0.387 e. The van der Waals surface area contributed by atoms with E-state index in [2.05, 4.69) is 10.1 Å². The summed E-state index contributed by atoms with van der Waals surface area (Å²) in [6.07, 6.45) is 0. The molecule has 0 aliphatic heterocycles. The highest BCUT2D eigenvalue weighted by Gasteiger charge is 2.15. The normalized spacial score (nSPS) is 10.7. The van der Waals surface area contributed by atoms with Crippen LogP contribution in [0.5, 0.6) is 5.75 Å². The molecule has 0 saturated carbocycles. The number of nitrogens with one attached hydrogen (secondary N) is 1. The molecule has 0 spiro atoms. The molecule has 26 heavy (non-hydrogen) atoms. The molecule has 3 aromatic rings. The molecule has 0 radical (unpaired) electrons. The zero-order valence-corrected chi connectivity index (χ0v) is 13.3. The first-order valence-corrected chi connectivity index (χ1v) is 7.52. The summed E-state index contributed by atoms with van der Waals surface area (Å²) in [5, 5.41) is 3.21. The van der Waals surface area contributed by atoms with Crippen LogP contribution in [0.15, 0.2) is 59.0 Å². The number of anilines is 1. The highest BCUT2D eigenvalue weighted by molar-refractivity contribution is 5.96. The van der Waals surface area contributed by atoms with E-state index in [9.17, 15) is 18.4 Å². The maximum atomic E-state index is 12.1. The highest BCUT2D eigenvalue weighted by Crippen LogP contribution is 2.20.